The number of fused-ring (bicyclic) bond motifs is 1. The highest BCUT2D eigenvalue weighted by molar-refractivity contribution is 5.70. The first-order valence-electron chi connectivity index (χ1n) is 8.59. The van der Waals surface area contributed by atoms with Crippen molar-refractivity contribution in [1.82, 2.24) is 0 Å². The first kappa shape index (κ1) is 16.5. The number of para-hydroxylation sites is 1. The minimum Gasteiger partial charge on any atom is -0.508 e. The zero-order valence-corrected chi connectivity index (χ0v) is 14.7. The molecule has 4 nitrogen and oxygen atoms in total. The summed E-state index contributed by atoms with van der Waals surface area (Å²) in [5, 5.41) is 34.3. The van der Waals surface area contributed by atoms with E-state index in [1.54, 1.807) is 12.1 Å². The van der Waals surface area contributed by atoms with Crippen molar-refractivity contribution in [3.05, 3.63) is 88.5 Å². The smallest absolute Gasteiger partial charge is 0.142 e. The molecule has 4 N–H and O–H groups in total. The molecule has 0 bridgehead atoms. The normalized spacial score (nSPS) is 17.6. The van der Waals surface area contributed by atoms with Crippen molar-refractivity contribution in [2.24, 2.45) is 0 Å². The summed E-state index contributed by atoms with van der Waals surface area (Å²) < 4.78 is 0. The average Bonchev–Trinajstić information content (AvgIpc) is 2.92. The Balaban J connectivity index is 2.07. The van der Waals surface area contributed by atoms with Crippen LogP contribution in [0.1, 0.15) is 27.8 Å². The summed E-state index contributed by atoms with van der Waals surface area (Å²) in [7, 11) is 0. The lowest BCUT2D eigenvalue weighted by Gasteiger charge is -2.35. The standard InChI is InChI=1S/C22H21NO3/c1-13-11-15(7-9-19(13)24)22(16-8-10-20(25)14(2)12-16)17-5-3-4-6-18(17)23-21(22)26/h3-12,21,23-26H,1-2H3. The van der Waals surface area contributed by atoms with E-state index in [1.807, 2.05) is 62.4 Å². The highest BCUT2D eigenvalue weighted by atomic mass is 16.3. The lowest BCUT2D eigenvalue weighted by molar-refractivity contribution is 0.159. The van der Waals surface area contributed by atoms with E-state index in [-0.39, 0.29) is 11.5 Å². The minimum absolute atomic E-state index is 0.222. The van der Waals surface area contributed by atoms with Crippen LogP contribution in [0.5, 0.6) is 11.5 Å². The first-order chi connectivity index (χ1) is 12.4. The van der Waals surface area contributed by atoms with Crippen molar-refractivity contribution in [2.75, 3.05) is 5.32 Å². The Hall–Kier alpha value is -2.98. The lowest BCUT2D eigenvalue weighted by Crippen LogP contribution is -2.41. The van der Waals surface area contributed by atoms with Crippen LogP contribution < -0.4 is 5.32 Å². The van der Waals surface area contributed by atoms with Gasteiger partial charge in [-0.05, 0) is 59.9 Å². The largest absolute Gasteiger partial charge is 0.508 e. The molecule has 0 aliphatic carbocycles. The molecule has 132 valence electrons. The average molecular weight is 347 g/mol. The van der Waals surface area contributed by atoms with Crippen LogP contribution in [0.25, 0.3) is 0 Å². The minimum atomic E-state index is -0.882. The summed E-state index contributed by atoms with van der Waals surface area (Å²) in [5.41, 5.74) is 4.24. The van der Waals surface area contributed by atoms with Crippen LogP contribution in [-0.2, 0) is 5.41 Å². The number of anilines is 1. The molecule has 4 rings (SSSR count). The second kappa shape index (κ2) is 5.78. The third-order valence-electron chi connectivity index (χ3n) is 5.36. The maximum atomic E-state index is 11.2. The van der Waals surface area contributed by atoms with Gasteiger partial charge in [-0.2, -0.15) is 0 Å². The Morgan fingerprint density at radius 3 is 1.88 bits per heavy atom. The van der Waals surface area contributed by atoms with E-state index in [2.05, 4.69) is 5.32 Å². The number of aliphatic hydroxyl groups is 1. The molecule has 26 heavy (non-hydrogen) atoms. The van der Waals surface area contributed by atoms with E-state index in [0.717, 1.165) is 33.5 Å². The van der Waals surface area contributed by atoms with Gasteiger partial charge >= 0.3 is 0 Å². The maximum absolute atomic E-state index is 11.2. The highest BCUT2D eigenvalue weighted by Gasteiger charge is 2.49. The molecule has 1 heterocycles. The van der Waals surface area contributed by atoms with Crippen molar-refractivity contribution in [3.8, 4) is 11.5 Å². The van der Waals surface area contributed by atoms with Crippen LogP contribution in [0, 0.1) is 13.8 Å². The number of phenols is 2. The lowest BCUT2D eigenvalue weighted by atomic mass is 9.69. The quantitative estimate of drug-likeness (QED) is 0.569. The van der Waals surface area contributed by atoms with Gasteiger partial charge in [0.15, 0.2) is 0 Å². The Morgan fingerprint density at radius 1 is 0.808 bits per heavy atom. The van der Waals surface area contributed by atoms with Gasteiger partial charge in [-0.25, -0.2) is 0 Å². The first-order valence-corrected chi connectivity index (χ1v) is 8.59. The molecule has 1 aliphatic heterocycles. The second-order valence-corrected chi connectivity index (χ2v) is 6.90. The number of aryl methyl sites for hydroxylation is 2. The predicted molar refractivity (Wildman–Crippen MR) is 102 cm³/mol. The van der Waals surface area contributed by atoms with E-state index >= 15 is 0 Å². The molecule has 3 aromatic carbocycles. The number of benzene rings is 3. The molecule has 0 aromatic heterocycles. The number of hydrogen-bond acceptors (Lipinski definition) is 4. The van der Waals surface area contributed by atoms with Crippen LogP contribution in [-0.4, -0.2) is 21.5 Å². The van der Waals surface area contributed by atoms with Gasteiger partial charge in [0.2, 0.25) is 0 Å². The summed E-state index contributed by atoms with van der Waals surface area (Å²) in [6.45, 7) is 3.69. The zero-order chi connectivity index (χ0) is 18.5. The second-order valence-electron chi connectivity index (χ2n) is 6.90. The molecule has 0 amide bonds. The molecular weight excluding hydrogens is 326 g/mol. The maximum Gasteiger partial charge on any atom is 0.142 e. The van der Waals surface area contributed by atoms with Crippen LogP contribution in [0.2, 0.25) is 0 Å². The van der Waals surface area contributed by atoms with Gasteiger partial charge < -0.3 is 20.6 Å². The monoisotopic (exact) mass is 347 g/mol. The van der Waals surface area contributed by atoms with Gasteiger partial charge in [0.1, 0.15) is 17.7 Å². The Bertz CT molecular complexity index is 945. The summed E-state index contributed by atoms with van der Waals surface area (Å²) in [5.74, 6) is 0.444. The van der Waals surface area contributed by atoms with Crippen LogP contribution in [0.3, 0.4) is 0 Å². The van der Waals surface area contributed by atoms with Gasteiger partial charge in [0, 0.05) is 5.69 Å². The van der Waals surface area contributed by atoms with Crippen LogP contribution in [0.15, 0.2) is 60.7 Å². The highest BCUT2D eigenvalue weighted by Crippen LogP contribution is 2.50. The van der Waals surface area contributed by atoms with Crippen LogP contribution >= 0.6 is 0 Å². The Labute approximate surface area is 152 Å². The third kappa shape index (κ3) is 2.19. The number of nitrogens with one attached hydrogen (secondary N) is 1. The Kier molecular flexibility index (Phi) is 3.67. The zero-order valence-electron chi connectivity index (χ0n) is 14.7. The Morgan fingerprint density at radius 2 is 1.35 bits per heavy atom. The van der Waals surface area contributed by atoms with Crippen molar-refractivity contribution >= 4 is 5.69 Å². The van der Waals surface area contributed by atoms with E-state index in [4.69, 9.17) is 0 Å². The fourth-order valence-corrected chi connectivity index (χ4v) is 3.95. The van der Waals surface area contributed by atoms with Crippen molar-refractivity contribution in [2.45, 2.75) is 25.5 Å². The number of rotatable bonds is 2. The third-order valence-corrected chi connectivity index (χ3v) is 5.36. The molecule has 0 spiro atoms. The van der Waals surface area contributed by atoms with Gasteiger partial charge in [-0.15, -0.1) is 0 Å². The number of aliphatic hydroxyl groups excluding tert-OH is 1. The molecular formula is C22H21NO3. The molecule has 3 aromatic rings. The van der Waals surface area contributed by atoms with Crippen molar-refractivity contribution < 1.29 is 15.3 Å². The van der Waals surface area contributed by atoms with Gasteiger partial charge in [0.25, 0.3) is 0 Å². The molecule has 1 unspecified atom stereocenters. The summed E-state index contributed by atoms with van der Waals surface area (Å²) in [4.78, 5) is 0. The molecule has 1 aliphatic rings. The SMILES string of the molecule is Cc1cc(C2(c3ccc(O)c(C)c3)c3ccccc3NC2O)ccc1O. The topological polar surface area (TPSA) is 72.7 Å². The summed E-state index contributed by atoms with van der Waals surface area (Å²) in [6, 6.07) is 18.7. The number of phenolic OH excluding ortho intramolecular Hbond substituents is 2. The molecule has 1 atom stereocenters. The molecule has 4 heteroatoms. The molecule has 0 radical (unpaired) electrons. The van der Waals surface area contributed by atoms with E-state index in [1.165, 1.54) is 0 Å². The van der Waals surface area contributed by atoms with Crippen molar-refractivity contribution in [3.63, 3.8) is 0 Å². The van der Waals surface area contributed by atoms with Crippen molar-refractivity contribution in [1.29, 1.82) is 0 Å². The number of hydrogen-bond donors (Lipinski definition) is 4. The van der Waals surface area contributed by atoms with Crippen LogP contribution in [0.4, 0.5) is 5.69 Å². The molecule has 0 saturated carbocycles. The fourth-order valence-electron chi connectivity index (χ4n) is 3.95. The van der Waals surface area contributed by atoms with E-state index < -0.39 is 11.6 Å². The van der Waals surface area contributed by atoms with Gasteiger partial charge in [0.05, 0.1) is 5.41 Å². The molecule has 0 saturated heterocycles. The predicted octanol–water partition coefficient (Wildman–Crippen LogP) is 3.79. The van der Waals surface area contributed by atoms with Gasteiger partial charge in [-0.1, -0.05) is 42.5 Å². The summed E-state index contributed by atoms with van der Waals surface area (Å²) >= 11 is 0. The number of aromatic hydroxyl groups is 2. The van der Waals surface area contributed by atoms with Gasteiger partial charge in [-0.3, -0.25) is 0 Å². The van der Waals surface area contributed by atoms with E-state index in [0.29, 0.717) is 0 Å². The molecule has 0 fully saturated rings. The van der Waals surface area contributed by atoms with E-state index in [9.17, 15) is 15.3 Å². The summed E-state index contributed by atoms with van der Waals surface area (Å²) in [6.07, 6.45) is -0.882. The fraction of sp³-hybridized carbons (Fsp3) is 0.182.